The molecular formula is C26H30O7. The minimum Gasteiger partial charge on any atom is -0.459 e. The Morgan fingerprint density at radius 1 is 0.909 bits per heavy atom. The van der Waals surface area contributed by atoms with E-state index in [1.165, 1.54) is 6.92 Å². The highest BCUT2D eigenvalue weighted by molar-refractivity contribution is 5.90. The van der Waals surface area contributed by atoms with Crippen molar-refractivity contribution in [2.24, 2.45) is 5.41 Å². The van der Waals surface area contributed by atoms with Gasteiger partial charge in [0.05, 0.1) is 11.1 Å². The third-order valence-electron chi connectivity index (χ3n) is 5.63. The van der Waals surface area contributed by atoms with Crippen LogP contribution in [0.25, 0.3) is 0 Å². The molecule has 0 N–H and O–H groups in total. The Morgan fingerprint density at radius 3 is 1.91 bits per heavy atom. The Balaban J connectivity index is 1.88. The summed E-state index contributed by atoms with van der Waals surface area (Å²) >= 11 is 0. The molecule has 7 heteroatoms. The van der Waals surface area contributed by atoms with Crippen molar-refractivity contribution in [1.82, 2.24) is 0 Å². The van der Waals surface area contributed by atoms with Crippen LogP contribution in [0.4, 0.5) is 0 Å². The summed E-state index contributed by atoms with van der Waals surface area (Å²) in [6, 6.07) is 17.1. The molecule has 1 aliphatic heterocycles. The number of hydrogen-bond donors (Lipinski definition) is 0. The molecule has 0 bridgehead atoms. The van der Waals surface area contributed by atoms with Gasteiger partial charge in [0, 0.05) is 6.92 Å². The van der Waals surface area contributed by atoms with Gasteiger partial charge in [-0.05, 0) is 36.6 Å². The number of carbonyl (C=O) groups is 3. The zero-order valence-corrected chi connectivity index (χ0v) is 19.6. The predicted octanol–water partition coefficient (Wildman–Crippen LogP) is 4.20. The molecule has 0 radical (unpaired) electrons. The zero-order chi connectivity index (χ0) is 24.2. The topological polar surface area (TPSA) is 88.1 Å². The minimum absolute atomic E-state index is 0.177. The molecule has 0 aromatic heterocycles. The lowest BCUT2D eigenvalue weighted by molar-refractivity contribution is -0.172. The summed E-state index contributed by atoms with van der Waals surface area (Å²) in [5.41, 5.74) is -1.08. The van der Waals surface area contributed by atoms with E-state index in [-0.39, 0.29) is 6.61 Å². The van der Waals surface area contributed by atoms with Crippen LogP contribution in [0.3, 0.4) is 0 Å². The average Bonchev–Trinajstić information content (AvgIpc) is 3.04. The van der Waals surface area contributed by atoms with Gasteiger partial charge >= 0.3 is 17.9 Å². The first-order valence-electron chi connectivity index (χ1n) is 10.9. The van der Waals surface area contributed by atoms with E-state index >= 15 is 0 Å². The van der Waals surface area contributed by atoms with Crippen LogP contribution in [-0.4, -0.2) is 48.4 Å². The van der Waals surface area contributed by atoms with Gasteiger partial charge in [-0.15, -0.1) is 0 Å². The van der Waals surface area contributed by atoms with Crippen LogP contribution in [0, 0.1) is 5.41 Å². The molecule has 0 spiro atoms. The number of hydrogen-bond acceptors (Lipinski definition) is 7. The lowest BCUT2D eigenvalue weighted by Gasteiger charge is -2.36. The molecule has 0 saturated carbocycles. The maximum atomic E-state index is 12.9. The molecule has 176 valence electrons. The van der Waals surface area contributed by atoms with E-state index in [1.807, 2.05) is 20.8 Å². The van der Waals surface area contributed by atoms with E-state index in [0.717, 1.165) is 0 Å². The maximum absolute atomic E-state index is 12.9. The normalized spacial score (nSPS) is 24.7. The molecule has 1 saturated heterocycles. The van der Waals surface area contributed by atoms with Crippen molar-refractivity contribution in [3.05, 3.63) is 71.8 Å². The van der Waals surface area contributed by atoms with E-state index in [9.17, 15) is 14.4 Å². The van der Waals surface area contributed by atoms with Crippen molar-refractivity contribution in [2.45, 2.75) is 58.5 Å². The van der Waals surface area contributed by atoms with Crippen molar-refractivity contribution in [1.29, 1.82) is 0 Å². The first-order chi connectivity index (χ1) is 15.5. The molecule has 33 heavy (non-hydrogen) atoms. The molecule has 7 nitrogen and oxygen atoms in total. The quantitative estimate of drug-likeness (QED) is 0.477. The van der Waals surface area contributed by atoms with Gasteiger partial charge in [0.1, 0.15) is 18.8 Å². The molecule has 1 fully saturated rings. The number of benzene rings is 2. The third kappa shape index (κ3) is 5.60. The molecule has 1 heterocycles. The van der Waals surface area contributed by atoms with E-state index in [2.05, 4.69) is 0 Å². The summed E-state index contributed by atoms with van der Waals surface area (Å²) in [5, 5.41) is 0. The lowest BCUT2D eigenvalue weighted by Crippen LogP contribution is -2.53. The number of rotatable bonds is 6. The summed E-state index contributed by atoms with van der Waals surface area (Å²) in [6.45, 7) is 8.56. The van der Waals surface area contributed by atoms with Crippen LogP contribution in [0.1, 0.15) is 55.3 Å². The van der Waals surface area contributed by atoms with Gasteiger partial charge in [-0.25, -0.2) is 9.59 Å². The van der Waals surface area contributed by atoms with Crippen molar-refractivity contribution in [3.63, 3.8) is 0 Å². The van der Waals surface area contributed by atoms with Crippen molar-refractivity contribution < 1.29 is 33.3 Å². The summed E-state index contributed by atoms with van der Waals surface area (Å²) in [4.78, 5) is 37.4. The van der Waals surface area contributed by atoms with Crippen molar-refractivity contribution in [2.75, 3.05) is 6.61 Å². The molecule has 2 aromatic rings. The smallest absolute Gasteiger partial charge is 0.338 e. The fourth-order valence-electron chi connectivity index (χ4n) is 3.91. The largest absolute Gasteiger partial charge is 0.459 e. The average molecular weight is 455 g/mol. The summed E-state index contributed by atoms with van der Waals surface area (Å²) in [6.07, 6.45) is -2.38. The molecule has 4 atom stereocenters. The van der Waals surface area contributed by atoms with Gasteiger partial charge in [-0.2, -0.15) is 0 Å². The Morgan fingerprint density at radius 2 is 1.42 bits per heavy atom. The molecular weight excluding hydrogens is 424 g/mol. The first-order valence-corrected chi connectivity index (χ1v) is 10.9. The lowest BCUT2D eigenvalue weighted by atomic mass is 9.81. The second-order valence-corrected chi connectivity index (χ2v) is 9.35. The van der Waals surface area contributed by atoms with Gasteiger partial charge in [0.25, 0.3) is 0 Å². The second kappa shape index (κ2) is 9.75. The fourth-order valence-corrected chi connectivity index (χ4v) is 3.91. The van der Waals surface area contributed by atoms with E-state index in [4.69, 9.17) is 18.9 Å². The van der Waals surface area contributed by atoms with Gasteiger partial charge in [0.2, 0.25) is 0 Å². The molecule has 0 aliphatic carbocycles. The second-order valence-electron chi connectivity index (χ2n) is 9.35. The summed E-state index contributed by atoms with van der Waals surface area (Å²) in [7, 11) is 0. The van der Waals surface area contributed by atoms with E-state index < -0.39 is 47.2 Å². The highest BCUT2D eigenvalue weighted by atomic mass is 16.7. The van der Waals surface area contributed by atoms with E-state index in [1.54, 1.807) is 67.6 Å². The standard InChI is InChI=1S/C26H30O7/c1-17(27)33-26(5)20(16-30-23(28)18-12-8-6-9-13-18)31-21(25(2,3)4)22(26)32-24(29)19-14-10-7-11-15-19/h6-15,20-22H,16H2,1-5H3/t20-,21-,22+,26-/m1/s1. The molecule has 0 unspecified atom stereocenters. The van der Waals surface area contributed by atoms with Crippen LogP contribution in [0.2, 0.25) is 0 Å². The van der Waals surface area contributed by atoms with Gasteiger partial charge in [0.15, 0.2) is 11.7 Å². The predicted molar refractivity (Wildman–Crippen MR) is 121 cm³/mol. The van der Waals surface area contributed by atoms with Gasteiger partial charge in [-0.3, -0.25) is 4.79 Å². The van der Waals surface area contributed by atoms with Crippen LogP contribution < -0.4 is 0 Å². The third-order valence-corrected chi connectivity index (χ3v) is 5.63. The number of esters is 3. The maximum Gasteiger partial charge on any atom is 0.338 e. The molecule has 2 aromatic carbocycles. The van der Waals surface area contributed by atoms with Gasteiger partial charge in [-0.1, -0.05) is 57.2 Å². The first kappa shape index (κ1) is 24.5. The van der Waals surface area contributed by atoms with Crippen molar-refractivity contribution in [3.8, 4) is 0 Å². The minimum atomic E-state index is -1.37. The summed E-state index contributed by atoms with van der Waals surface area (Å²) in [5.74, 6) is -1.64. The van der Waals surface area contributed by atoms with Gasteiger partial charge < -0.3 is 18.9 Å². The SMILES string of the molecule is CC(=O)O[C@]1(C)[C@@H](COC(=O)c2ccccc2)O[C@@H](C(C)(C)C)[C@@H]1OC(=O)c1ccccc1. The highest BCUT2D eigenvalue weighted by Gasteiger charge is 2.61. The Hall–Kier alpha value is -3.19. The Labute approximate surface area is 194 Å². The summed E-state index contributed by atoms with van der Waals surface area (Å²) < 4.78 is 23.3. The fraction of sp³-hybridized carbons (Fsp3) is 0.423. The number of carbonyl (C=O) groups excluding carboxylic acids is 3. The molecule has 1 aliphatic rings. The zero-order valence-electron chi connectivity index (χ0n) is 19.6. The monoisotopic (exact) mass is 454 g/mol. The van der Waals surface area contributed by atoms with Crippen molar-refractivity contribution >= 4 is 17.9 Å². The van der Waals surface area contributed by atoms with Crippen LogP contribution in [0.5, 0.6) is 0 Å². The highest BCUT2D eigenvalue weighted by Crippen LogP contribution is 2.44. The molecule has 3 rings (SSSR count). The van der Waals surface area contributed by atoms with E-state index in [0.29, 0.717) is 11.1 Å². The number of ether oxygens (including phenoxy) is 4. The Bertz CT molecular complexity index is 981. The van der Waals surface area contributed by atoms with Crippen LogP contribution in [0.15, 0.2) is 60.7 Å². The molecule has 0 amide bonds. The van der Waals surface area contributed by atoms with Crippen LogP contribution in [-0.2, 0) is 23.7 Å². The Kier molecular flexibility index (Phi) is 7.22. The van der Waals surface area contributed by atoms with Crippen LogP contribution >= 0.6 is 0 Å².